The summed E-state index contributed by atoms with van der Waals surface area (Å²) >= 11 is 0. The molecule has 1 aliphatic heterocycles. The molecule has 0 unspecified atom stereocenters. The van der Waals surface area contributed by atoms with Gasteiger partial charge in [-0.05, 0) is 36.8 Å². The van der Waals surface area contributed by atoms with E-state index >= 15 is 0 Å². The van der Waals surface area contributed by atoms with Crippen molar-refractivity contribution in [2.75, 3.05) is 34.5 Å². The summed E-state index contributed by atoms with van der Waals surface area (Å²) in [5.41, 5.74) is 2.89. The lowest BCUT2D eigenvalue weighted by Gasteiger charge is -2.21. The number of ether oxygens (including phenoxy) is 4. The number of nitrogens with zero attached hydrogens (tertiary/aromatic N) is 1. The van der Waals surface area contributed by atoms with Crippen LogP contribution in [0.5, 0.6) is 23.0 Å². The number of fused-ring (bicyclic) bond motifs is 1. The Hall–Kier alpha value is -3.15. The summed E-state index contributed by atoms with van der Waals surface area (Å²) < 4.78 is 22.0. The molecule has 148 valence electrons. The number of likely N-dealkylation sites (N-methyl/N-ethyl adjacent to an activating group) is 1. The van der Waals surface area contributed by atoms with Crippen molar-refractivity contribution in [3.05, 3.63) is 53.1 Å². The van der Waals surface area contributed by atoms with E-state index in [0.29, 0.717) is 37.0 Å². The highest BCUT2D eigenvalue weighted by Crippen LogP contribution is 2.40. The first-order valence-corrected chi connectivity index (χ1v) is 9.06. The molecule has 1 amide bonds. The minimum Gasteiger partial charge on any atom is -0.496 e. The number of aryl methyl sites for hydroxylation is 1. The van der Waals surface area contributed by atoms with Crippen LogP contribution in [0.1, 0.15) is 16.7 Å². The molecular formula is C22H25NO5. The Morgan fingerprint density at radius 3 is 2.61 bits per heavy atom. The molecule has 0 atom stereocenters. The Balaban J connectivity index is 1.74. The SMILES string of the molecule is COc1ccc(C)cc1CN(C)C(=O)/C=C/c1cc(OC)c2c(c1)OCCO2. The van der Waals surface area contributed by atoms with E-state index in [0.717, 1.165) is 22.4 Å². The number of amides is 1. The van der Waals surface area contributed by atoms with Crippen LogP contribution in [0.4, 0.5) is 0 Å². The number of benzene rings is 2. The number of hydrogen-bond acceptors (Lipinski definition) is 5. The molecule has 0 spiro atoms. The van der Waals surface area contributed by atoms with Crippen LogP contribution in [-0.2, 0) is 11.3 Å². The third-order valence-corrected chi connectivity index (χ3v) is 4.49. The average Bonchev–Trinajstić information content (AvgIpc) is 2.71. The first-order valence-electron chi connectivity index (χ1n) is 9.06. The number of hydrogen-bond donors (Lipinski definition) is 0. The highest BCUT2D eigenvalue weighted by molar-refractivity contribution is 5.91. The van der Waals surface area contributed by atoms with Gasteiger partial charge in [0.1, 0.15) is 19.0 Å². The van der Waals surface area contributed by atoms with Gasteiger partial charge in [0.05, 0.1) is 14.2 Å². The molecule has 28 heavy (non-hydrogen) atoms. The topological polar surface area (TPSA) is 57.2 Å². The maximum absolute atomic E-state index is 12.6. The Bertz CT molecular complexity index is 873. The van der Waals surface area contributed by atoms with Crippen molar-refractivity contribution in [3.63, 3.8) is 0 Å². The number of rotatable bonds is 6. The standard InChI is InChI=1S/C22H25NO5/c1-15-5-7-18(25-3)17(11-15)14-23(2)21(24)8-6-16-12-19(26-4)22-20(13-16)27-9-10-28-22/h5-8,11-13H,9-10,14H2,1-4H3/b8-6+. The normalized spacial score (nSPS) is 12.7. The molecule has 2 aromatic carbocycles. The number of carbonyl (C=O) groups excluding carboxylic acids is 1. The predicted octanol–water partition coefficient (Wildman–Crippen LogP) is 3.46. The molecule has 0 bridgehead atoms. The van der Waals surface area contributed by atoms with Gasteiger partial charge in [-0.2, -0.15) is 0 Å². The summed E-state index contributed by atoms with van der Waals surface area (Å²) in [5, 5.41) is 0. The summed E-state index contributed by atoms with van der Waals surface area (Å²) in [5.74, 6) is 2.46. The summed E-state index contributed by atoms with van der Waals surface area (Å²) in [4.78, 5) is 14.2. The fourth-order valence-electron chi connectivity index (χ4n) is 3.05. The third kappa shape index (κ3) is 4.39. The fraction of sp³-hybridized carbons (Fsp3) is 0.318. The van der Waals surface area contributed by atoms with Gasteiger partial charge in [-0.3, -0.25) is 4.79 Å². The van der Waals surface area contributed by atoms with Crippen LogP contribution in [0.2, 0.25) is 0 Å². The molecule has 0 aromatic heterocycles. The molecule has 1 heterocycles. The zero-order valence-electron chi connectivity index (χ0n) is 16.7. The second-order valence-electron chi connectivity index (χ2n) is 6.59. The molecule has 2 aromatic rings. The molecule has 0 radical (unpaired) electrons. The van der Waals surface area contributed by atoms with Gasteiger partial charge in [0.2, 0.25) is 11.7 Å². The Morgan fingerprint density at radius 1 is 1.11 bits per heavy atom. The van der Waals surface area contributed by atoms with E-state index in [1.54, 1.807) is 32.2 Å². The highest BCUT2D eigenvalue weighted by atomic mass is 16.6. The van der Waals surface area contributed by atoms with Crippen LogP contribution in [0.25, 0.3) is 6.08 Å². The van der Waals surface area contributed by atoms with Gasteiger partial charge >= 0.3 is 0 Å². The summed E-state index contributed by atoms with van der Waals surface area (Å²) in [7, 11) is 4.97. The Labute approximate surface area is 165 Å². The van der Waals surface area contributed by atoms with E-state index in [9.17, 15) is 4.79 Å². The third-order valence-electron chi connectivity index (χ3n) is 4.49. The molecule has 0 aliphatic carbocycles. The van der Waals surface area contributed by atoms with Gasteiger partial charge in [-0.15, -0.1) is 0 Å². The van der Waals surface area contributed by atoms with Crippen LogP contribution >= 0.6 is 0 Å². The lowest BCUT2D eigenvalue weighted by atomic mass is 10.1. The molecular weight excluding hydrogens is 358 g/mol. The monoisotopic (exact) mass is 383 g/mol. The maximum atomic E-state index is 12.6. The van der Waals surface area contributed by atoms with E-state index in [-0.39, 0.29) is 5.91 Å². The van der Waals surface area contributed by atoms with E-state index < -0.39 is 0 Å². The smallest absolute Gasteiger partial charge is 0.246 e. The van der Waals surface area contributed by atoms with E-state index in [4.69, 9.17) is 18.9 Å². The molecule has 0 fully saturated rings. The average molecular weight is 383 g/mol. The van der Waals surface area contributed by atoms with Gasteiger partial charge in [0, 0.05) is 25.2 Å². The Kier molecular flexibility index (Phi) is 6.09. The van der Waals surface area contributed by atoms with Crippen LogP contribution in [0.3, 0.4) is 0 Å². The van der Waals surface area contributed by atoms with Crippen LogP contribution in [-0.4, -0.2) is 45.3 Å². The first kappa shape index (κ1) is 19.6. The van der Waals surface area contributed by atoms with Crippen molar-refractivity contribution in [1.29, 1.82) is 0 Å². The highest BCUT2D eigenvalue weighted by Gasteiger charge is 2.18. The zero-order chi connectivity index (χ0) is 20.1. The lowest BCUT2D eigenvalue weighted by Crippen LogP contribution is -2.24. The second-order valence-corrected chi connectivity index (χ2v) is 6.59. The summed E-state index contributed by atoms with van der Waals surface area (Å²) in [6, 6.07) is 9.59. The van der Waals surface area contributed by atoms with E-state index in [1.165, 1.54) is 6.08 Å². The van der Waals surface area contributed by atoms with Crippen LogP contribution in [0, 0.1) is 6.92 Å². The molecule has 6 heteroatoms. The van der Waals surface area contributed by atoms with Crippen molar-refractivity contribution in [2.45, 2.75) is 13.5 Å². The van der Waals surface area contributed by atoms with Crippen molar-refractivity contribution in [2.24, 2.45) is 0 Å². The van der Waals surface area contributed by atoms with Crippen LogP contribution in [0.15, 0.2) is 36.4 Å². The Morgan fingerprint density at radius 2 is 1.86 bits per heavy atom. The summed E-state index contributed by atoms with van der Waals surface area (Å²) in [6.07, 6.45) is 3.28. The van der Waals surface area contributed by atoms with Crippen LogP contribution < -0.4 is 18.9 Å². The largest absolute Gasteiger partial charge is 0.496 e. The number of methoxy groups -OCH3 is 2. The van der Waals surface area contributed by atoms with Gasteiger partial charge < -0.3 is 23.8 Å². The van der Waals surface area contributed by atoms with E-state index in [1.807, 2.05) is 37.3 Å². The van der Waals surface area contributed by atoms with Crippen molar-refractivity contribution >= 4 is 12.0 Å². The van der Waals surface area contributed by atoms with E-state index in [2.05, 4.69) is 0 Å². The molecule has 0 saturated heterocycles. The molecule has 3 rings (SSSR count). The quantitative estimate of drug-likeness (QED) is 0.715. The molecule has 0 saturated carbocycles. The second kappa shape index (κ2) is 8.69. The lowest BCUT2D eigenvalue weighted by molar-refractivity contribution is -0.125. The van der Waals surface area contributed by atoms with Crippen molar-refractivity contribution in [1.82, 2.24) is 4.90 Å². The van der Waals surface area contributed by atoms with Gasteiger partial charge in [0.15, 0.2) is 11.5 Å². The molecule has 1 aliphatic rings. The molecule has 6 nitrogen and oxygen atoms in total. The van der Waals surface area contributed by atoms with Gasteiger partial charge in [-0.25, -0.2) is 0 Å². The minimum atomic E-state index is -0.114. The zero-order valence-corrected chi connectivity index (χ0v) is 16.7. The van der Waals surface area contributed by atoms with Crippen molar-refractivity contribution < 1.29 is 23.7 Å². The maximum Gasteiger partial charge on any atom is 0.246 e. The first-order chi connectivity index (χ1) is 13.5. The van der Waals surface area contributed by atoms with Crippen molar-refractivity contribution in [3.8, 4) is 23.0 Å². The fourth-order valence-corrected chi connectivity index (χ4v) is 3.05. The predicted molar refractivity (Wildman–Crippen MR) is 107 cm³/mol. The van der Waals surface area contributed by atoms with Gasteiger partial charge in [-0.1, -0.05) is 17.7 Å². The summed E-state index contributed by atoms with van der Waals surface area (Å²) in [6.45, 7) is 3.45. The molecule has 0 N–H and O–H groups in total. The minimum absolute atomic E-state index is 0.114. The number of carbonyl (C=O) groups is 1. The van der Waals surface area contributed by atoms with Gasteiger partial charge in [0.25, 0.3) is 0 Å².